The van der Waals surface area contributed by atoms with Gasteiger partial charge in [0.1, 0.15) is 5.75 Å². The number of hydrogen-bond acceptors (Lipinski definition) is 3. The van der Waals surface area contributed by atoms with Gasteiger partial charge in [-0.2, -0.15) is 0 Å². The van der Waals surface area contributed by atoms with Crippen LogP contribution in [0.2, 0.25) is 0 Å². The monoisotopic (exact) mass is 347 g/mol. The molecular formula is C12H14INO3. The Morgan fingerprint density at radius 3 is 3.06 bits per heavy atom. The molecule has 1 aromatic carbocycles. The molecule has 1 unspecified atom stereocenters. The predicted molar refractivity (Wildman–Crippen MR) is 72.1 cm³/mol. The van der Waals surface area contributed by atoms with Gasteiger partial charge in [-0.05, 0) is 53.6 Å². The molecule has 17 heavy (non-hydrogen) atoms. The van der Waals surface area contributed by atoms with Crippen molar-refractivity contribution in [1.82, 2.24) is 5.32 Å². The summed E-state index contributed by atoms with van der Waals surface area (Å²) < 4.78 is 6.15. The Morgan fingerprint density at radius 2 is 2.41 bits per heavy atom. The Bertz CT molecular complexity index is 416. The molecule has 4 nitrogen and oxygen atoms in total. The molecule has 0 spiro atoms. The number of rotatable bonds is 3. The maximum atomic E-state index is 11.8. The van der Waals surface area contributed by atoms with Crippen LogP contribution in [0.1, 0.15) is 23.2 Å². The van der Waals surface area contributed by atoms with Crippen LogP contribution in [-0.2, 0) is 4.74 Å². The van der Waals surface area contributed by atoms with Crippen molar-refractivity contribution in [2.45, 2.75) is 18.9 Å². The average molecular weight is 347 g/mol. The van der Waals surface area contributed by atoms with E-state index < -0.39 is 0 Å². The number of halogens is 1. The van der Waals surface area contributed by atoms with Gasteiger partial charge in [0.25, 0.3) is 5.91 Å². The summed E-state index contributed by atoms with van der Waals surface area (Å²) in [5.41, 5.74) is 0.473. The second-order valence-electron chi connectivity index (χ2n) is 4.01. The first-order chi connectivity index (χ1) is 8.16. The molecule has 1 aromatic rings. The van der Waals surface area contributed by atoms with Crippen molar-refractivity contribution >= 4 is 28.5 Å². The van der Waals surface area contributed by atoms with Crippen LogP contribution in [0.15, 0.2) is 18.2 Å². The molecule has 0 radical (unpaired) electrons. The van der Waals surface area contributed by atoms with Crippen molar-refractivity contribution in [3.63, 3.8) is 0 Å². The van der Waals surface area contributed by atoms with Crippen molar-refractivity contribution in [2.75, 3.05) is 13.2 Å². The lowest BCUT2D eigenvalue weighted by atomic mass is 10.2. The number of amides is 1. The maximum absolute atomic E-state index is 11.8. The van der Waals surface area contributed by atoms with Crippen LogP contribution in [0, 0.1) is 3.57 Å². The number of carbonyl (C=O) groups excluding carboxylic acids is 1. The van der Waals surface area contributed by atoms with Crippen LogP contribution in [0.25, 0.3) is 0 Å². The van der Waals surface area contributed by atoms with E-state index >= 15 is 0 Å². The van der Waals surface area contributed by atoms with E-state index in [4.69, 9.17) is 4.74 Å². The maximum Gasteiger partial charge on any atom is 0.251 e. The molecule has 1 fully saturated rings. The van der Waals surface area contributed by atoms with E-state index in [-0.39, 0.29) is 17.8 Å². The van der Waals surface area contributed by atoms with Gasteiger partial charge in [0.15, 0.2) is 0 Å². The van der Waals surface area contributed by atoms with Crippen molar-refractivity contribution in [3.8, 4) is 5.75 Å². The van der Waals surface area contributed by atoms with Crippen molar-refractivity contribution in [1.29, 1.82) is 0 Å². The Kier molecular flexibility index (Phi) is 4.22. The molecule has 0 bridgehead atoms. The van der Waals surface area contributed by atoms with Gasteiger partial charge < -0.3 is 15.2 Å². The minimum Gasteiger partial charge on any atom is -0.507 e. The van der Waals surface area contributed by atoms with E-state index in [9.17, 15) is 9.90 Å². The largest absolute Gasteiger partial charge is 0.507 e. The highest BCUT2D eigenvalue weighted by Crippen LogP contribution is 2.20. The molecule has 2 rings (SSSR count). The van der Waals surface area contributed by atoms with Gasteiger partial charge in [0.05, 0.1) is 9.67 Å². The van der Waals surface area contributed by atoms with Gasteiger partial charge in [-0.3, -0.25) is 4.79 Å². The summed E-state index contributed by atoms with van der Waals surface area (Å²) >= 11 is 2.01. The number of nitrogens with one attached hydrogen (secondary N) is 1. The molecular weight excluding hydrogens is 333 g/mol. The number of aromatic hydroxyl groups is 1. The molecule has 0 aromatic heterocycles. The third kappa shape index (κ3) is 3.32. The van der Waals surface area contributed by atoms with E-state index in [0.717, 1.165) is 23.0 Å². The second kappa shape index (κ2) is 5.68. The van der Waals surface area contributed by atoms with Gasteiger partial charge in [0, 0.05) is 18.7 Å². The van der Waals surface area contributed by atoms with E-state index in [1.54, 1.807) is 12.1 Å². The highest BCUT2D eigenvalue weighted by Gasteiger charge is 2.16. The molecule has 92 valence electrons. The lowest BCUT2D eigenvalue weighted by Crippen LogP contribution is -2.31. The predicted octanol–water partition coefficient (Wildman–Crippen LogP) is 1.91. The third-order valence-corrected chi connectivity index (χ3v) is 3.63. The Balaban J connectivity index is 1.92. The van der Waals surface area contributed by atoms with Crippen LogP contribution >= 0.6 is 22.6 Å². The number of benzene rings is 1. The molecule has 0 saturated carbocycles. The van der Waals surface area contributed by atoms with E-state index in [1.165, 1.54) is 6.07 Å². The number of phenolic OH excluding ortho intramolecular Hbond substituents is 1. The highest BCUT2D eigenvalue weighted by molar-refractivity contribution is 14.1. The van der Waals surface area contributed by atoms with Crippen LogP contribution in [0.5, 0.6) is 5.75 Å². The number of phenols is 1. The number of hydrogen-bond donors (Lipinski definition) is 2. The lowest BCUT2D eigenvalue weighted by molar-refractivity contribution is 0.0857. The Morgan fingerprint density at radius 1 is 1.59 bits per heavy atom. The highest BCUT2D eigenvalue weighted by atomic mass is 127. The fraction of sp³-hybridized carbons (Fsp3) is 0.417. The van der Waals surface area contributed by atoms with E-state index in [0.29, 0.717) is 12.1 Å². The summed E-state index contributed by atoms with van der Waals surface area (Å²) in [6.45, 7) is 1.32. The number of ether oxygens (including phenoxy) is 1. The van der Waals surface area contributed by atoms with Crippen LogP contribution in [-0.4, -0.2) is 30.3 Å². The van der Waals surface area contributed by atoms with Gasteiger partial charge in [-0.25, -0.2) is 0 Å². The molecule has 1 heterocycles. The fourth-order valence-corrected chi connectivity index (χ4v) is 2.10. The SMILES string of the molecule is O=C(NCC1CCCO1)c1ccc(I)c(O)c1. The minimum atomic E-state index is -0.174. The van der Waals surface area contributed by atoms with Gasteiger partial charge >= 0.3 is 0 Å². The zero-order valence-electron chi connectivity index (χ0n) is 9.28. The Hall–Kier alpha value is -0.820. The summed E-state index contributed by atoms with van der Waals surface area (Å²) in [7, 11) is 0. The molecule has 5 heteroatoms. The van der Waals surface area contributed by atoms with E-state index in [1.807, 2.05) is 22.6 Å². The summed E-state index contributed by atoms with van der Waals surface area (Å²) in [4.78, 5) is 11.8. The van der Waals surface area contributed by atoms with Gasteiger partial charge in [0.2, 0.25) is 0 Å². The molecule has 1 atom stereocenters. The van der Waals surface area contributed by atoms with Gasteiger partial charge in [-0.15, -0.1) is 0 Å². The first kappa shape index (κ1) is 12.6. The normalized spacial score (nSPS) is 19.2. The molecule has 1 aliphatic rings. The molecule has 0 aliphatic carbocycles. The molecule has 2 N–H and O–H groups in total. The average Bonchev–Trinajstić information content (AvgIpc) is 2.82. The van der Waals surface area contributed by atoms with Crippen molar-refractivity contribution in [2.24, 2.45) is 0 Å². The quantitative estimate of drug-likeness (QED) is 0.822. The third-order valence-electron chi connectivity index (χ3n) is 2.72. The van der Waals surface area contributed by atoms with Gasteiger partial charge in [-0.1, -0.05) is 0 Å². The summed E-state index contributed by atoms with van der Waals surface area (Å²) in [5, 5.41) is 12.3. The Labute approximate surface area is 113 Å². The lowest BCUT2D eigenvalue weighted by Gasteiger charge is -2.11. The first-order valence-corrected chi connectivity index (χ1v) is 6.63. The molecule has 1 aliphatic heterocycles. The summed E-state index contributed by atoms with van der Waals surface area (Å²) in [5.74, 6) is -0.0393. The second-order valence-corrected chi connectivity index (χ2v) is 5.17. The van der Waals surface area contributed by atoms with Crippen LogP contribution < -0.4 is 5.32 Å². The topological polar surface area (TPSA) is 58.6 Å². The van der Waals surface area contributed by atoms with Crippen LogP contribution in [0.3, 0.4) is 0 Å². The van der Waals surface area contributed by atoms with Crippen LogP contribution in [0.4, 0.5) is 0 Å². The van der Waals surface area contributed by atoms with Crippen molar-refractivity contribution in [3.05, 3.63) is 27.3 Å². The molecule has 1 amide bonds. The fourth-order valence-electron chi connectivity index (χ4n) is 1.77. The minimum absolute atomic E-state index is 0.135. The number of carbonyl (C=O) groups is 1. The van der Waals surface area contributed by atoms with Crippen molar-refractivity contribution < 1.29 is 14.6 Å². The standard InChI is InChI=1S/C12H14INO3/c13-10-4-3-8(6-11(10)15)12(16)14-7-9-2-1-5-17-9/h3-4,6,9,15H,1-2,5,7H2,(H,14,16). The summed E-state index contributed by atoms with van der Waals surface area (Å²) in [6.07, 6.45) is 2.19. The zero-order valence-corrected chi connectivity index (χ0v) is 11.4. The first-order valence-electron chi connectivity index (χ1n) is 5.55. The zero-order chi connectivity index (χ0) is 12.3. The van der Waals surface area contributed by atoms with E-state index in [2.05, 4.69) is 5.32 Å². The smallest absolute Gasteiger partial charge is 0.251 e. The summed E-state index contributed by atoms with van der Waals surface area (Å²) in [6, 6.07) is 4.90. The molecule has 1 saturated heterocycles.